The fourth-order valence-corrected chi connectivity index (χ4v) is 1.34. The van der Waals surface area contributed by atoms with E-state index >= 15 is 0 Å². The van der Waals surface area contributed by atoms with Crippen LogP contribution in [0.15, 0.2) is 18.2 Å². The SMILES string of the molecule is CC(C)CONC(=O)c1ccc(Cl)cc1[N+](=O)[O-]. The van der Waals surface area contributed by atoms with Crippen molar-refractivity contribution in [2.75, 3.05) is 6.61 Å². The van der Waals surface area contributed by atoms with E-state index in [0.717, 1.165) is 6.07 Å². The highest BCUT2D eigenvalue weighted by atomic mass is 35.5. The largest absolute Gasteiger partial charge is 0.283 e. The van der Waals surface area contributed by atoms with Crippen molar-refractivity contribution in [3.05, 3.63) is 38.9 Å². The molecular weight excluding hydrogens is 260 g/mol. The predicted molar refractivity (Wildman–Crippen MR) is 66.4 cm³/mol. The summed E-state index contributed by atoms with van der Waals surface area (Å²) in [5, 5.41) is 11.0. The normalized spacial score (nSPS) is 10.4. The van der Waals surface area contributed by atoms with Crippen LogP contribution < -0.4 is 5.48 Å². The molecule has 0 heterocycles. The third-order valence-corrected chi connectivity index (χ3v) is 2.22. The van der Waals surface area contributed by atoms with Gasteiger partial charge in [-0.1, -0.05) is 25.4 Å². The van der Waals surface area contributed by atoms with Crippen molar-refractivity contribution in [3.8, 4) is 0 Å². The van der Waals surface area contributed by atoms with Gasteiger partial charge in [0.2, 0.25) is 0 Å². The molecular formula is C11H13ClN2O4. The maximum Gasteiger partial charge on any atom is 0.283 e. The zero-order chi connectivity index (χ0) is 13.7. The molecule has 7 heteroatoms. The van der Waals surface area contributed by atoms with Crippen LogP contribution in [-0.2, 0) is 4.84 Å². The van der Waals surface area contributed by atoms with Crippen LogP contribution in [0.2, 0.25) is 5.02 Å². The van der Waals surface area contributed by atoms with Gasteiger partial charge < -0.3 is 0 Å². The topological polar surface area (TPSA) is 81.5 Å². The van der Waals surface area contributed by atoms with Gasteiger partial charge in [0, 0.05) is 11.1 Å². The fourth-order valence-electron chi connectivity index (χ4n) is 1.18. The quantitative estimate of drug-likeness (QED) is 0.660. The molecule has 0 aromatic heterocycles. The van der Waals surface area contributed by atoms with Crippen molar-refractivity contribution in [1.29, 1.82) is 0 Å². The van der Waals surface area contributed by atoms with E-state index in [1.807, 2.05) is 13.8 Å². The van der Waals surface area contributed by atoms with Gasteiger partial charge in [0.1, 0.15) is 5.56 Å². The van der Waals surface area contributed by atoms with E-state index in [0.29, 0.717) is 6.61 Å². The summed E-state index contributed by atoms with van der Waals surface area (Å²) in [6, 6.07) is 3.82. The lowest BCUT2D eigenvalue weighted by atomic mass is 10.2. The maximum absolute atomic E-state index is 11.7. The molecule has 0 aliphatic rings. The highest BCUT2D eigenvalue weighted by molar-refractivity contribution is 6.31. The van der Waals surface area contributed by atoms with E-state index in [4.69, 9.17) is 16.4 Å². The molecule has 0 fully saturated rings. The zero-order valence-corrected chi connectivity index (χ0v) is 10.7. The van der Waals surface area contributed by atoms with Gasteiger partial charge in [-0.2, -0.15) is 0 Å². The van der Waals surface area contributed by atoms with Gasteiger partial charge in [-0.15, -0.1) is 0 Å². The lowest BCUT2D eigenvalue weighted by Crippen LogP contribution is -2.26. The molecule has 1 rings (SSSR count). The highest BCUT2D eigenvalue weighted by Crippen LogP contribution is 2.23. The first kappa shape index (κ1) is 14.4. The van der Waals surface area contributed by atoms with Crippen LogP contribution in [0, 0.1) is 16.0 Å². The summed E-state index contributed by atoms with van der Waals surface area (Å²) in [5.74, 6) is -0.426. The van der Waals surface area contributed by atoms with Crippen molar-refractivity contribution in [3.63, 3.8) is 0 Å². The Morgan fingerprint density at radius 2 is 2.22 bits per heavy atom. The van der Waals surface area contributed by atoms with Crippen molar-refractivity contribution in [1.82, 2.24) is 5.48 Å². The standard InChI is InChI=1S/C11H13ClN2O4/c1-7(2)6-18-13-11(15)9-4-3-8(12)5-10(9)14(16)17/h3-5,7H,6H2,1-2H3,(H,13,15). The second kappa shape index (κ2) is 6.32. The van der Waals surface area contributed by atoms with E-state index in [9.17, 15) is 14.9 Å². The highest BCUT2D eigenvalue weighted by Gasteiger charge is 2.20. The number of nitrogens with one attached hydrogen (secondary N) is 1. The third-order valence-electron chi connectivity index (χ3n) is 1.98. The number of nitro groups is 1. The van der Waals surface area contributed by atoms with Crippen LogP contribution in [0.4, 0.5) is 5.69 Å². The molecule has 18 heavy (non-hydrogen) atoms. The van der Waals surface area contributed by atoms with Crippen molar-refractivity contribution in [2.24, 2.45) is 5.92 Å². The molecule has 0 unspecified atom stereocenters. The van der Waals surface area contributed by atoms with E-state index in [-0.39, 0.29) is 22.2 Å². The van der Waals surface area contributed by atoms with Crippen LogP contribution in [0.1, 0.15) is 24.2 Å². The van der Waals surface area contributed by atoms with E-state index in [1.54, 1.807) is 0 Å². The number of rotatable bonds is 5. The van der Waals surface area contributed by atoms with Crippen molar-refractivity contribution >= 4 is 23.2 Å². The molecule has 6 nitrogen and oxygen atoms in total. The Hall–Kier alpha value is -1.66. The first-order valence-electron chi connectivity index (χ1n) is 5.28. The smallest absolute Gasteiger partial charge is 0.273 e. The summed E-state index contributed by atoms with van der Waals surface area (Å²) in [5.41, 5.74) is 1.72. The zero-order valence-electron chi connectivity index (χ0n) is 9.97. The lowest BCUT2D eigenvalue weighted by molar-refractivity contribution is -0.385. The van der Waals surface area contributed by atoms with Gasteiger partial charge in [-0.3, -0.25) is 19.7 Å². The van der Waals surface area contributed by atoms with Gasteiger partial charge in [0.15, 0.2) is 0 Å². The summed E-state index contributed by atoms with van der Waals surface area (Å²) in [4.78, 5) is 26.7. The van der Waals surface area contributed by atoms with Crippen LogP contribution in [-0.4, -0.2) is 17.4 Å². The lowest BCUT2D eigenvalue weighted by Gasteiger charge is -2.08. The second-order valence-corrected chi connectivity index (χ2v) is 4.49. The van der Waals surface area contributed by atoms with Gasteiger partial charge in [0.25, 0.3) is 11.6 Å². The first-order valence-corrected chi connectivity index (χ1v) is 5.65. The molecule has 0 spiro atoms. The average molecular weight is 273 g/mol. The molecule has 0 radical (unpaired) electrons. The van der Waals surface area contributed by atoms with Gasteiger partial charge >= 0.3 is 0 Å². The molecule has 0 saturated carbocycles. The molecule has 0 aliphatic carbocycles. The Balaban J connectivity index is 2.82. The minimum atomic E-state index is -0.668. The van der Waals surface area contributed by atoms with Crippen molar-refractivity contribution in [2.45, 2.75) is 13.8 Å². The number of carbonyl (C=O) groups is 1. The van der Waals surface area contributed by atoms with Crippen LogP contribution >= 0.6 is 11.6 Å². The minimum absolute atomic E-state index is 0.0897. The number of benzene rings is 1. The number of carbonyl (C=O) groups excluding carboxylic acids is 1. The molecule has 0 saturated heterocycles. The van der Waals surface area contributed by atoms with E-state index in [2.05, 4.69) is 5.48 Å². The predicted octanol–water partition coefficient (Wildman–Crippen LogP) is 2.57. The Kier molecular flexibility index (Phi) is 5.06. The minimum Gasteiger partial charge on any atom is -0.273 e. The Morgan fingerprint density at radius 1 is 1.56 bits per heavy atom. The number of halogens is 1. The maximum atomic E-state index is 11.7. The molecule has 1 aromatic carbocycles. The Bertz CT molecular complexity index is 462. The van der Waals surface area contributed by atoms with Gasteiger partial charge in [-0.25, -0.2) is 5.48 Å². The van der Waals surface area contributed by atoms with E-state index < -0.39 is 10.8 Å². The van der Waals surface area contributed by atoms with E-state index in [1.165, 1.54) is 12.1 Å². The number of hydroxylamine groups is 1. The molecule has 98 valence electrons. The third kappa shape index (κ3) is 3.97. The average Bonchev–Trinajstić information content (AvgIpc) is 2.28. The number of hydrogen-bond donors (Lipinski definition) is 1. The molecule has 1 amide bonds. The van der Waals surface area contributed by atoms with Crippen LogP contribution in [0.3, 0.4) is 0 Å². The molecule has 0 aliphatic heterocycles. The second-order valence-electron chi connectivity index (χ2n) is 4.05. The van der Waals surface area contributed by atoms with Gasteiger partial charge in [-0.05, 0) is 18.1 Å². The monoisotopic (exact) mass is 272 g/mol. The summed E-state index contributed by atoms with van der Waals surface area (Å²) in [7, 11) is 0. The number of nitro benzene ring substituents is 1. The summed E-state index contributed by atoms with van der Waals surface area (Å²) < 4.78 is 0. The fraction of sp³-hybridized carbons (Fsp3) is 0.364. The van der Waals surface area contributed by atoms with Crippen molar-refractivity contribution < 1.29 is 14.6 Å². The molecule has 0 atom stereocenters. The van der Waals surface area contributed by atoms with Crippen LogP contribution in [0.5, 0.6) is 0 Å². The summed E-state index contributed by atoms with van der Waals surface area (Å²) >= 11 is 5.64. The van der Waals surface area contributed by atoms with Crippen LogP contribution in [0.25, 0.3) is 0 Å². The summed E-state index contributed by atoms with van der Waals surface area (Å²) in [6.07, 6.45) is 0. The molecule has 1 N–H and O–H groups in total. The first-order chi connectivity index (χ1) is 8.41. The van der Waals surface area contributed by atoms with Gasteiger partial charge in [0.05, 0.1) is 11.5 Å². The Morgan fingerprint density at radius 3 is 2.78 bits per heavy atom. The Labute approximate surface area is 109 Å². The molecule has 0 bridgehead atoms. The number of amides is 1. The number of hydrogen-bond acceptors (Lipinski definition) is 4. The molecule has 1 aromatic rings. The summed E-state index contributed by atoms with van der Waals surface area (Å²) in [6.45, 7) is 4.15. The number of nitrogens with zero attached hydrogens (tertiary/aromatic N) is 1.